The first-order chi connectivity index (χ1) is 13.8. The summed E-state index contributed by atoms with van der Waals surface area (Å²) in [7, 11) is 0. The maximum atomic E-state index is 13.1. The second kappa shape index (κ2) is 9.09. The van der Waals surface area contributed by atoms with Gasteiger partial charge in [-0.25, -0.2) is 9.07 Å². The minimum absolute atomic E-state index is 0.184. The first kappa shape index (κ1) is 20.9. The highest BCUT2D eigenvalue weighted by Crippen LogP contribution is 2.24. The van der Waals surface area contributed by atoms with Crippen molar-refractivity contribution in [2.45, 2.75) is 27.3 Å². The van der Waals surface area contributed by atoms with Crippen molar-refractivity contribution < 1.29 is 13.9 Å². The van der Waals surface area contributed by atoms with Crippen molar-refractivity contribution in [1.29, 1.82) is 0 Å². The molecule has 3 aromatic rings. The van der Waals surface area contributed by atoms with Crippen molar-refractivity contribution >= 4 is 17.5 Å². The summed E-state index contributed by atoms with van der Waals surface area (Å²) in [6, 6.07) is 13.3. The maximum Gasteiger partial charge on any atom is 0.256 e. The van der Waals surface area contributed by atoms with Crippen molar-refractivity contribution in [1.82, 2.24) is 15.1 Å². The second-order valence-corrected chi connectivity index (χ2v) is 7.53. The summed E-state index contributed by atoms with van der Waals surface area (Å²) < 4.78 is 20.2. The molecule has 0 fully saturated rings. The van der Waals surface area contributed by atoms with Crippen LogP contribution in [0.1, 0.15) is 35.5 Å². The number of carbonyl (C=O) groups excluding carboxylic acids is 1. The van der Waals surface area contributed by atoms with Gasteiger partial charge in [-0.2, -0.15) is 5.10 Å². The van der Waals surface area contributed by atoms with Gasteiger partial charge >= 0.3 is 0 Å². The summed E-state index contributed by atoms with van der Waals surface area (Å²) in [6.07, 6.45) is 0. The van der Waals surface area contributed by atoms with Crippen molar-refractivity contribution in [2.24, 2.45) is 5.92 Å². The summed E-state index contributed by atoms with van der Waals surface area (Å²) in [6.45, 7) is 6.90. The Morgan fingerprint density at radius 1 is 1.17 bits per heavy atom. The highest BCUT2D eigenvalue weighted by Gasteiger charge is 2.21. The average Bonchev–Trinajstić information content (AvgIpc) is 3.00. The van der Waals surface area contributed by atoms with E-state index in [1.165, 1.54) is 16.8 Å². The number of halogens is 2. The van der Waals surface area contributed by atoms with Crippen LogP contribution >= 0.6 is 11.6 Å². The Hall–Kier alpha value is -2.86. The number of nitrogens with one attached hydrogen (secondary N) is 1. The van der Waals surface area contributed by atoms with Crippen molar-refractivity contribution in [3.63, 3.8) is 0 Å². The van der Waals surface area contributed by atoms with Crippen molar-refractivity contribution in [3.8, 4) is 11.4 Å². The fourth-order valence-electron chi connectivity index (χ4n) is 2.75. The largest absolute Gasteiger partial charge is 0.493 e. The molecule has 5 nitrogen and oxygen atoms in total. The molecule has 152 valence electrons. The van der Waals surface area contributed by atoms with Crippen LogP contribution in [0, 0.1) is 18.7 Å². The molecule has 0 saturated carbocycles. The highest BCUT2D eigenvalue weighted by atomic mass is 35.5. The predicted octanol–water partition coefficient (Wildman–Crippen LogP) is 4.94. The van der Waals surface area contributed by atoms with Gasteiger partial charge in [-0.3, -0.25) is 4.79 Å². The van der Waals surface area contributed by atoms with Gasteiger partial charge in [-0.1, -0.05) is 37.6 Å². The third kappa shape index (κ3) is 5.15. The number of amides is 1. The maximum absolute atomic E-state index is 13.1. The molecule has 3 rings (SSSR count). The van der Waals surface area contributed by atoms with Gasteiger partial charge in [0.15, 0.2) is 0 Å². The zero-order chi connectivity index (χ0) is 21.0. The van der Waals surface area contributed by atoms with Gasteiger partial charge in [0.25, 0.3) is 5.91 Å². The molecule has 1 N–H and O–H groups in total. The number of hydrogen-bond acceptors (Lipinski definition) is 3. The number of ether oxygens (including phenoxy) is 1. The summed E-state index contributed by atoms with van der Waals surface area (Å²) in [5, 5.41) is 7.36. The van der Waals surface area contributed by atoms with Gasteiger partial charge in [-0.05, 0) is 54.8 Å². The Bertz CT molecular complexity index is 983. The zero-order valence-electron chi connectivity index (χ0n) is 16.6. The van der Waals surface area contributed by atoms with Gasteiger partial charge in [0, 0.05) is 6.54 Å². The molecule has 0 atom stereocenters. The van der Waals surface area contributed by atoms with Crippen LogP contribution in [0.4, 0.5) is 4.39 Å². The molecule has 29 heavy (non-hydrogen) atoms. The molecule has 0 aliphatic heterocycles. The van der Waals surface area contributed by atoms with E-state index in [-0.39, 0.29) is 16.9 Å². The number of benzene rings is 2. The SMILES string of the molecule is Cc1nn(-c2ccc(F)cc2)c(Cl)c1C(=O)NCc1ccc(OCC(C)C)cc1. The number of hydrogen-bond donors (Lipinski definition) is 1. The molecular weight excluding hydrogens is 393 g/mol. The lowest BCUT2D eigenvalue weighted by Gasteiger charge is -2.10. The number of nitrogens with zero attached hydrogens (tertiary/aromatic N) is 2. The van der Waals surface area contributed by atoms with E-state index in [2.05, 4.69) is 24.3 Å². The fraction of sp³-hybridized carbons (Fsp3) is 0.273. The van der Waals surface area contributed by atoms with Crippen molar-refractivity contribution in [3.05, 3.63) is 76.3 Å². The summed E-state index contributed by atoms with van der Waals surface area (Å²) >= 11 is 6.39. The van der Waals surface area contributed by atoms with Gasteiger partial charge in [0.2, 0.25) is 0 Å². The summed E-state index contributed by atoms with van der Waals surface area (Å²) in [5.41, 5.74) is 2.31. The number of aryl methyl sites for hydroxylation is 1. The standard InChI is InChI=1S/C22H23ClFN3O2/c1-14(2)13-29-19-10-4-16(5-11-19)12-25-22(28)20-15(3)26-27(21(20)23)18-8-6-17(24)7-9-18/h4-11,14H,12-13H2,1-3H3,(H,25,28). The molecule has 1 aromatic heterocycles. The van der Waals surface area contributed by atoms with Crippen LogP contribution in [-0.4, -0.2) is 22.3 Å². The van der Waals surface area contributed by atoms with Gasteiger partial charge in [0.1, 0.15) is 16.7 Å². The molecular formula is C22H23ClFN3O2. The fourth-order valence-corrected chi connectivity index (χ4v) is 3.11. The summed E-state index contributed by atoms with van der Waals surface area (Å²) in [5.74, 6) is 0.583. The van der Waals surface area contributed by atoms with Gasteiger partial charge < -0.3 is 10.1 Å². The average molecular weight is 416 g/mol. The Morgan fingerprint density at radius 3 is 2.45 bits per heavy atom. The van der Waals surface area contributed by atoms with E-state index in [1.807, 2.05) is 24.3 Å². The van der Waals surface area contributed by atoms with E-state index < -0.39 is 0 Å². The number of aromatic nitrogens is 2. The molecule has 0 aliphatic rings. The zero-order valence-corrected chi connectivity index (χ0v) is 17.3. The van der Waals surface area contributed by atoms with E-state index in [4.69, 9.17) is 16.3 Å². The first-order valence-corrected chi connectivity index (χ1v) is 9.74. The molecule has 0 bridgehead atoms. The Kier molecular flexibility index (Phi) is 6.54. The molecule has 0 radical (unpaired) electrons. The first-order valence-electron chi connectivity index (χ1n) is 9.36. The number of carbonyl (C=O) groups is 1. The number of rotatable bonds is 7. The topological polar surface area (TPSA) is 56.2 Å². The van der Waals surface area contributed by atoms with Crippen LogP contribution in [0.3, 0.4) is 0 Å². The van der Waals surface area contributed by atoms with Gasteiger partial charge in [-0.15, -0.1) is 0 Å². The van der Waals surface area contributed by atoms with Crippen LogP contribution in [-0.2, 0) is 6.54 Å². The normalized spacial score (nSPS) is 11.0. The molecule has 7 heteroatoms. The Balaban J connectivity index is 1.67. The molecule has 2 aromatic carbocycles. The Labute approximate surface area is 174 Å². The molecule has 0 aliphatic carbocycles. The van der Waals surface area contributed by atoms with Crippen molar-refractivity contribution in [2.75, 3.05) is 6.61 Å². The molecule has 0 unspecified atom stereocenters. The third-order valence-corrected chi connectivity index (χ3v) is 4.61. The molecule has 1 heterocycles. The minimum atomic E-state index is -0.354. The lowest BCUT2D eigenvalue weighted by Crippen LogP contribution is -2.23. The van der Waals surface area contributed by atoms with E-state index in [0.29, 0.717) is 36.0 Å². The lowest BCUT2D eigenvalue weighted by atomic mass is 10.2. The van der Waals surface area contributed by atoms with Crippen LogP contribution < -0.4 is 10.1 Å². The van der Waals surface area contributed by atoms with E-state index in [9.17, 15) is 9.18 Å². The second-order valence-electron chi connectivity index (χ2n) is 7.17. The van der Waals surface area contributed by atoms with Crippen LogP contribution in [0.15, 0.2) is 48.5 Å². The predicted molar refractivity (Wildman–Crippen MR) is 111 cm³/mol. The third-order valence-electron chi connectivity index (χ3n) is 4.26. The van der Waals surface area contributed by atoms with E-state index in [1.54, 1.807) is 19.1 Å². The van der Waals surface area contributed by atoms with Crippen LogP contribution in [0.25, 0.3) is 5.69 Å². The van der Waals surface area contributed by atoms with E-state index >= 15 is 0 Å². The minimum Gasteiger partial charge on any atom is -0.493 e. The quantitative estimate of drug-likeness (QED) is 0.594. The highest BCUT2D eigenvalue weighted by molar-refractivity contribution is 6.33. The smallest absolute Gasteiger partial charge is 0.256 e. The summed E-state index contributed by atoms with van der Waals surface area (Å²) in [4.78, 5) is 12.7. The van der Waals surface area contributed by atoms with Crippen LogP contribution in [0.5, 0.6) is 5.75 Å². The molecule has 0 spiro atoms. The Morgan fingerprint density at radius 2 is 1.83 bits per heavy atom. The van der Waals surface area contributed by atoms with Gasteiger partial charge in [0.05, 0.1) is 23.6 Å². The molecule has 1 amide bonds. The van der Waals surface area contributed by atoms with E-state index in [0.717, 1.165) is 11.3 Å². The molecule has 0 saturated heterocycles. The lowest BCUT2D eigenvalue weighted by molar-refractivity contribution is 0.0950. The van der Waals surface area contributed by atoms with Crippen LogP contribution in [0.2, 0.25) is 5.15 Å². The monoisotopic (exact) mass is 415 g/mol.